The van der Waals surface area contributed by atoms with Crippen molar-refractivity contribution in [3.05, 3.63) is 53.6 Å². The highest BCUT2D eigenvalue weighted by atomic mass is 35.5. The van der Waals surface area contributed by atoms with Crippen LogP contribution in [0.15, 0.2) is 48.5 Å². The van der Waals surface area contributed by atoms with Crippen LogP contribution in [0.2, 0.25) is 5.02 Å². The first-order chi connectivity index (χ1) is 14.1. The molecular formula is C21H21ClN4O3. The number of amides is 2. The molecule has 0 radical (unpaired) electrons. The molecule has 1 unspecified atom stereocenters. The van der Waals surface area contributed by atoms with Crippen molar-refractivity contribution in [1.29, 1.82) is 0 Å². The standard InChI is InChI=1S/C21H21ClN4O3/c1-29-12-6-11-25-20(28)18(13-19(27)23-15-8-3-2-7-14(15)22)26-17-10-5-4-9-16(17)24-21(25)26/h2-5,7-10,18H,6,11-13H2,1H3,(H,23,27). The first kappa shape index (κ1) is 19.4. The molecule has 1 atom stereocenters. The zero-order valence-corrected chi connectivity index (χ0v) is 16.7. The molecule has 0 saturated heterocycles. The Hall–Kier alpha value is -2.90. The van der Waals surface area contributed by atoms with E-state index in [9.17, 15) is 9.59 Å². The molecular weight excluding hydrogens is 392 g/mol. The lowest BCUT2D eigenvalue weighted by Gasteiger charge is -2.16. The molecule has 2 amide bonds. The fourth-order valence-electron chi connectivity index (χ4n) is 3.61. The van der Waals surface area contributed by atoms with Crippen molar-refractivity contribution in [2.24, 2.45) is 0 Å². The number of fused-ring (bicyclic) bond motifs is 3. The Morgan fingerprint density at radius 2 is 1.97 bits per heavy atom. The van der Waals surface area contributed by atoms with Crippen molar-refractivity contribution in [3.63, 3.8) is 0 Å². The molecule has 1 aliphatic heterocycles. The first-order valence-electron chi connectivity index (χ1n) is 9.42. The molecule has 0 bridgehead atoms. The summed E-state index contributed by atoms with van der Waals surface area (Å²) in [5, 5.41) is 3.25. The van der Waals surface area contributed by atoms with Gasteiger partial charge in [0.15, 0.2) is 0 Å². The second kappa shape index (κ2) is 8.23. The van der Waals surface area contributed by atoms with Gasteiger partial charge in [-0.15, -0.1) is 0 Å². The summed E-state index contributed by atoms with van der Waals surface area (Å²) in [5.41, 5.74) is 2.15. The average Bonchev–Trinajstić information content (AvgIpc) is 3.20. The predicted molar refractivity (Wildman–Crippen MR) is 112 cm³/mol. The van der Waals surface area contributed by atoms with Crippen LogP contribution in [0.3, 0.4) is 0 Å². The van der Waals surface area contributed by atoms with Gasteiger partial charge in [0.1, 0.15) is 6.04 Å². The van der Waals surface area contributed by atoms with Crippen LogP contribution in [0.5, 0.6) is 0 Å². The Labute approximate surface area is 173 Å². The molecule has 1 aromatic heterocycles. The molecule has 2 aromatic carbocycles. The molecule has 0 saturated carbocycles. The molecule has 0 aliphatic carbocycles. The summed E-state index contributed by atoms with van der Waals surface area (Å²) < 4.78 is 6.97. The largest absolute Gasteiger partial charge is 0.385 e. The summed E-state index contributed by atoms with van der Waals surface area (Å²) in [6, 6.07) is 14.0. The minimum absolute atomic E-state index is 0.00180. The van der Waals surface area contributed by atoms with E-state index < -0.39 is 6.04 Å². The lowest BCUT2D eigenvalue weighted by molar-refractivity contribution is -0.124. The summed E-state index contributed by atoms with van der Waals surface area (Å²) in [4.78, 5) is 32.1. The summed E-state index contributed by atoms with van der Waals surface area (Å²) in [5.74, 6) is 0.158. The van der Waals surface area contributed by atoms with E-state index in [0.717, 1.165) is 11.0 Å². The van der Waals surface area contributed by atoms with Gasteiger partial charge < -0.3 is 10.1 Å². The van der Waals surface area contributed by atoms with Gasteiger partial charge in [-0.05, 0) is 30.7 Å². The minimum Gasteiger partial charge on any atom is -0.385 e. The second-order valence-electron chi connectivity index (χ2n) is 6.85. The smallest absolute Gasteiger partial charge is 0.253 e. The molecule has 150 valence electrons. The maximum atomic E-state index is 13.1. The lowest BCUT2D eigenvalue weighted by Crippen LogP contribution is -2.32. The van der Waals surface area contributed by atoms with Crippen LogP contribution in [0.4, 0.5) is 11.6 Å². The van der Waals surface area contributed by atoms with E-state index in [1.165, 1.54) is 0 Å². The number of nitrogens with one attached hydrogen (secondary N) is 1. The Bertz CT molecular complexity index is 1070. The topological polar surface area (TPSA) is 76.5 Å². The molecule has 4 rings (SSSR count). The van der Waals surface area contributed by atoms with Gasteiger partial charge in [0, 0.05) is 20.3 Å². The number of halogens is 1. The quantitative estimate of drug-likeness (QED) is 0.601. The Morgan fingerprint density at radius 1 is 1.21 bits per heavy atom. The normalized spacial score (nSPS) is 15.7. The number of benzene rings is 2. The van der Waals surface area contributed by atoms with Crippen LogP contribution in [-0.4, -0.2) is 41.6 Å². The van der Waals surface area contributed by atoms with Crippen LogP contribution >= 0.6 is 11.6 Å². The maximum Gasteiger partial charge on any atom is 0.253 e. The number of ether oxygens (including phenoxy) is 1. The van der Waals surface area contributed by atoms with Crippen molar-refractivity contribution in [2.75, 3.05) is 30.5 Å². The van der Waals surface area contributed by atoms with Crippen molar-refractivity contribution < 1.29 is 14.3 Å². The van der Waals surface area contributed by atoms with E-state index in [1.807, 2.05) is 28.8 Å². The SMILES string of the molecule is COCCCN1C(=O)C(CC(=O)Nc2ccccc2Cl)n2c1nc1ccccc12. The molecule has 3 aromatic rings. The van der Waals surface area contributed by atoms with E-state index in [4.69, 9.17) is 16.3 Å². The molecule has 8 heteroatoms. The van der Waals surface area contributed by atoms with Gasteiger partial charge in [0.05, 0.1) is 28.2 Å². The van der Waals surface area contributed by atoms with Gasteiger partial charge in [0.2, 0.25) is 11.9 Å². The number of aromatic nitrogens is 2. The molecule has 2 heterocycles. The number of hydrogen-bond donors (Lipinski definition) is 1. The van der Waals surface area contributed by atoms with Crippen LogP contribution in [0.25, 0.3) is 11.0 Å². The summed E-state index contributed by atoms with van der Waals surface area (Å²) in [7, 11) is 1.63. The first-order valence-corrected chi connectivity index (χ1v) is 9.79. The van der Waals surface area contributed by atoms with E-state index in [-0.39, 0.29) is 18.2 Å². The van der Waals surface area contributed by atoms with Crippen LogP contribution in [-0.2, 0) is 14.3 Å². The number of hydrogen-bond acceptors (Lipinski definition) is 4. The van der Waals surface area contributed by atoms with E-state index in [2.05, 4.69) is 10.3 Å². The average molecular weight is 413 g/mol. The van der Waals surface area contributed by atoms with Crippen LogP contribution in [0, 0.1) is 0 Å². The molecule has 1 aliphatic rings. The van der Waals surface area contributed by atoms with Gasteiger partial charge in [0.25, 0.3) is 5.91 Å². The van der Waals surface area contributed by atoms with E-state index in [0.29, 0.717) is 36.2 Å². The molecule has 29 heavy (non-hydrogen) atoms. The minimum atomic E-state index is -0.651. The van der Waals surface area contributed by atoms with E-state index in [1.54, 1.807) is 36.3 Å². The highest BCUT2D eigenvalue weighted by Crippen LogP contribution is 2.36. The number of rotatable bonds is 7. The van der Waals surface area contributed by atoms with Crippen LogP contribution < -0.4 is 10.2 Å². The van der Waals surface area contributed by atoms with Gasteiger partial charge in [-0.25, -0.2) is 4.98 Å². The number of carbonyl (C=O) groups excluding carboxylic acids is 2. The molecule has 1 N–H and O–H groups in total. The summed E-state index contributed by atoms with van der Waals surface area (Å²) in [6.07, 6.45) is 0.683. The highest BCUT2D eigenvalue weighted by molar-refractivity contribution is 6.33. The Morgan fingerprint density at radius 3 is 2.76 bits per heavy atom. The fourth-order valence-corrected chi connectivity index (χ4v) is 3.80. The number of carbonyl (C=O) groups is 2. The van der Waals surface area contributed by atoms with Gasteiger partial charge in [-0.2, -0.15) is 0 Å². The number of para-hydroxylation sites is 3. The second-order valence-corrected chi connectivity index (χ2v) is 7.26. The number of anilines is 2. The molecule has 0 spiro atoms. The molecule has 0 fully saturated rings. The third-order valence-corrected chi connectivity index (χ3v) is 5.27. The van der Waals surface area contributed by atoms with Crippen molar-refractivity contribution in [1.82, 2.24) is 9.55 Å². The lowest BCUT2D eigenvalue weighted by atomic mass is 10.1. The van der Waals surface area contributed by atoms with Gasteiger partial charge in [-0.3, -0.25) is 19.1 Å². The Balaban J connectivity index is 1.62. The van der Waals surface area contributed by atoms with Crippen molar-refractivity contribution in [3.8, 4) is 0 Å². The highest BCUT2D eigenvalue weighted by Gasteiger charge is 2.40. The predicted octanol–water partition coefficient (Wildman–Crippen LogP) is 3.64. The number of imidazole rings is 1. The number of methoxy groups -OCH3 is 1. The maximum absolute atomic E-state index is 13.1. The third-order valence-electron chi connectivity index (χ3n) is 4.94. The van der Waals surface area contributed by atoms with Gasteiger partial charge >= 0.3 is 0 Å². The summed E-state index contributed by atoms with van der Waals surface area (Å²) in [6.45, 7) is 1.03. The molecule has 7 nitrogen and oxygen atoms in total. The van der Waals surface area contributed by atoms with Crippen LogP contribution in [0.1, 0.15) is 18.9 Å². The Kier molecular flexibility index (Phi) is 5.51. The monoisotopic (exact) mass is 412 g/mol. The zero-order chi connectivity index (χ0) is 20.4. The number of nitrogens with zero attached hydrogens (tertiary/aromatic N) is 3. The van der Waals surface area contributed by atoms with Crippen molar-refractivity contribution >= 4 is 46.1 Å². The van der Waals surface area contributed by atoms with E-state index >= 15 is 0 Å². The fraction of sp³-hybridized carbons (Fsp3) is 0.286. The van der Waals surface area contributed by atoms with Gasteiger partial charge in [-0.1, -0.05) is 35.9 Å². The zero-order valence-electron chi connectivity index (χ0n) is 16.0. The summed E-state index contributed by atoms with van der Waals surface area (Å²) >= 11 is 6.13. The third kappa shape index (κ3) is 3.71. The van der Waals surface area contributed by atoms with Crippen molar-refractivity contribution in [2.45, 2.75) is 18.9 Å².